The van der Waals surface area contributed by atoms with E-state index in [0.29, 0.717) is 28.0 Å². The maximum atomic E-state index is 11.9. The van der Waals surface area contributed by atoms with Gasteiger partial charge >= 0.3 is 0 Å². The summed E-state index contributed by atoms with van der Waals surface area (Å²) in [5.41, 5.74) is 0. The van der Waals surface area contributed by atoms with Crippen molar-refractivity contribution < 1.29 is 19.3 Å². The number of ether oxygens (including phenoxy) is 3. The first-order valence-electron chi connectivity index (χ1n) is 5.11. The van der Waals surface area contributed by atoms with Gasteiger partial charge in [-0.3, -0.25) is 5.11 Å². The van der Waals surface area contributed by atoms with E-state index >= 15 is 0 Å². The Morgan fingerprint density at radius 2 is 1.65 bits per heavy atom. The summed E-state index contributed by atoms with van der Waals surface area (Å²) in [7, 11) is 4.59. The Morgan fingerprint density at radius 1 is 0.941 bits per heavy atom. The molecule has 17 heavy (non-hydrogen) atoms. The lowest BCUT2D eigenvalue weighted by Crippen LogP contribution is -1.94. The zero-order chi connectivity index (χ0) is 12.4. The quantitative estimate of drug-likeness (QED) is 0.818. The van der Waals surface area contributed by atoms with E-state index in [4.69, 9.17) is 14.2 Å². The summed E-state index contributed by atoms with van der Waals surface area (Å²) in [6.07, 6.45) is 0. The Kier molecular flexibility index (Phi) is 2.95. The Bertz CT molecular complexity index is 549. The fourth-order valence-electron chi connectivity index (χ4n) is 1.88. The molecule has 0 unspecified atom stereocenters. The van der Waals surface area contributed by atoms with Gasteiger partial charge in [-0.05, 0) is 6.07 Å². The molecule has 2 aromatic carbocycles. The van der Waals surface area contributed by atoms with Crippen molar-refractivity contribution in [1.29, 1.82) is 0 Å². The topological polar surface area (TPSA) is 47.6 Å². The van der Waals surface area contributed by atoms with Crippen LogP contribution in [0.1, 0.15) is 0 Å². The molecule has 0 aliphatic heterocycles. The molecule has 0 heterocycles. The Labute approximate surface area is 99.3 Å². The molecule has 0 aliphatic carbocycles. The fourth-order valence-corrected chi connectivity index (χ4v) is 1.88. The number of rotatable bonds is 3. The first-order chi connectivity index (χ1) is 8.22. The van der Waals surface area contributed by atoms with Crippen LogP contribution in [0.5, 0.6) is 23.0 Å². The van der Waals surface area contributed by atoms with Crippen LogP contribution in [0, 0.1) is 0 Å². The van der Waals surface area contributed by atoms with Crippen LogP contribution in [0.3, 0.4) is 0 Å². The van der Waals surface area contributed by atoms with Crippen LogP contribution >= 0.6 is 0 Å². The Hall–Kier alpha value is -2.10. The van der Waals surface area contributed by atoms with Crippen molar-refractivity contribution in [2.45, 2.75) is 0 Å². The number of benzene rings is 2. The second-order valence-corrected chi connectivity index (χ2v) is 3.49. The van der Waals surface area contributed by atoms with Gasteiger partial charge < -0.3 is 14.2 Å². The molecule has 1 radical (unpaired) electrons. The molecule has 2 aromatic rings. The van der Waals surface area contributed by atoms with Gasteiger partial charge in [0.1, 0.15) is 5.75 Å². The van der Waals surface area contributed by atoms with Crippen molar-refractivity contribution in [2.24, 2.45) is 0 Å². The zero-order valence-electron chi connectivity index (χ0n) is 9.94. The van der Waals surface area contributed by atoms with Gasteiger partial charge in [-0.25, -0.2) is 0 Å². The average Bonchev–Trinajstić information content (AvgIpc) is 2.37. The third-order valence-electron chi connectivity index (χ3n) is 2.65. The van der Waals surface area contributed by atoms with Crippen LogP contribution in [-0.4, -0.2) is 21.3 Å². The van der Waals surface area contributed by atoms with Gasteiger partial charge in [0.05, 0.1) is 26.7 Å². The molecule has 4 nitrogen and oxygen atoms in total. The smallest absolute Gasteiger partial charge is 0.190 e. The van der Waals surface area contributed by atoms with Crippen LogP contribution in [0.4, 0.5) is 0 Å². The molecule has 2 rings (SSSR count). The second kappa shape index (κ2) is 4.41. The Morgan fingerprint density at radius 3 is 2.24 bits per heavy atom. The van der Waals surface area contributed by atoms with Crippen LogP contribution < -0.4 is 14.2 Å². The highest BCUT2D eigenvalue weighted by Crippen LogP contribution is 2.45. The molecular weight excluding hydrogens is 220 g/mol. The van der Waals surface area contributed by atoms with E-state index < -0.39 is 0 Å². The fraction of sp³-hybridized carbons (Fsp3) is 0.231. The molecule has 0 fully saturated rings. The summed E-state index contributed by atoms with van der Waals surface area (Å²) in [5.74, 6) is 1.40. The molecule has 89 valence electrons. The van der Waals surface area contributed by atoms with E-state index in [1.54, 1.807) is 25.3 Å². The van der Waals surface area contributed by atoms with Crippen molar-refractivity contribution >= 4 is 10.8 Å². The molecular formula is C13H13O4. The van der Waals surface area contributed by atoms with E-state index in [0.717, 1.165) is 0 Å². The molecule has 0 saturated heterocycles. The standard InChI is InChI=1S/C13H13O4/c1-15-10-6-4-5-8-9(14)7-11(16-2)13(17-3)12(8)10/h4-7H,1-3H3. The highest BCUT2D eigenvalue weighted by molar-refractivity contribution is 5.99. The lowest BCUT2D eigenvalue weighted by molar-refractivity contribution is 0.338. The first kappa shape index (κ1) is 11.4. The van der Waals surface area contributed by atoms with Crippen LogP contribution in [0.2, 0.25) is 0 Å². The molecule has 0 N–H and O–H groups in total. The molecule has 0 amide bonds. The van der Waals surface area contributed by atoms with Crippen molar-refractivity contribution in [3.8, 4) is 23.0 Å². The summed E-state index contributed by atoms with van der Waals surface area (Å²) in [4.78, 5) is 0. The van der Waals surface area contributed by atoms with E-state index in [1.807, 2.05) is 0 Å². The highest BCUT2D eigenvalue weighted by atomic mass is 16.5. The summed E-state index contributed by atoms with van der Waals surface area (Å²) >= 11 is 0. The van der Waals surface area contributed by atoms with Crippen LogP contribution in [-0.2, 0) is 5.11 Å². The number of methoxy groups -OCH3 is 3. The van der Waals surface area contributed by atoms with E-state index in [9.17, 15) is 5.11 Å². The molecule has 0 bridgehead atoms. The zero-order valence-corrected chi connectivity index (χ0v) is 9.94. The minimum atomic E-state index is -0.114. The maximum absolute atomic E-state index is 11.9. The normalized spacial score (nSPS) is 10.3. The predicted octanol–water partition coefficient (Wildman–Crippen LogP) is 3.01. The van der Waals surface area contributed by atoms with Crippen molar-refractivity contribution in [2.75, 3.05) is 21.3 Å². The van der Waals surface area contributed by atoms with Gasteiger partial charge in [-0.2, -0.15) is 0 Å². The number of hydrogen-bond acceptors (Lipinski definition) is 3. The molecule has 0 saturated carbocycles. The molecule has 0 spiro atoms. The number of fused-ring (bicyclic) bond motifs is 1. The second-order valence-electron chi connectivity index (χ2n) is 3.49. The van der Waals surface area contributed by atoms with E-state index in [2.05, 4.69) is 0 Å². The number of hydrogen-bond donors (Lipinski definition) is 0. The lowest BCUT2D eigenvalue weighted by atomic mass is 10.1. The minimum absolute atomic E-state index is 0.114. The Balaban J connectivity index is 2.92. The third kappa shape index (κ3) is 1.71. The third-order valence-corrected chi connectivity index (χ3v) is 2.65. The molecule has 4 heteroatoms. The lowest BCUT2D eigenvalue weighted by Gasteiger charge is -2.13. The van der Waals surface area contributed by atoms with Gasteiger partial charge in [-0.1, -0.05) is 12.1 Å². The van der Waals surface area contributed by atoms with Gasteiger partial charge in [0.2, 0.25) is 0 Å². The summed E-state index contributed by atoms with van der Waals surface area (Å²) in [6, 6.07) is 6.71. The molecule has 0 aromatic heterocycles. The predicted molar refractivity (Wildman–Crippen MR) is 63.7 cm³/mol. The summed E-state index contributed by atoms with van der Waals surface area (Å²) in [6.45, 7) is 0. The van der Waals surface area contributed by atoms with E-state index in [1.165, 1.54) is 20.3 Å². The van der Waals surface area contributed by atoms with Gasteiger partial charge in [0, 0.05) is 11.5 Å². The molecule has 0 atom stereocenters. The first-order valence-corrected chi connectivity index (χ1v) is 5.11. The average molecular weight is 233 g/mol. The largest absolute Gasteiger partial charge is 0.496 e. The van der Waals surface area contributed by atoms with Crippen LogP contribution in [0.15, 0.2) is 24.3 Å². The van der Waals surface area contributed by atoms with Crippen molar-refractivity contribution in [3.63, 3.8) is 0 Å². The monoisotopic (exact) mass is 233 g/mol. The van der Waals surface area contributed by atoms with Gasteiger partial charge in [-0.15, -0.1) is 0 Å². The minimum Gasteiger partial charge on any atom is -0.496 e. The van der Waals surface area contributed by atoms with Crippen LogP contribution in [0.25, 0.3) is 10.8 Å². The summed E-state index contributed by atoms with van der Waals surface area (Å²) in [5, 5.41) is 13.1. The highest BCUT2D eigenvalue weighted by Gasteiger charge is 2.17. The van der Waals surface area contributed by atoms with Gasteiger partial charge in [0.25, 0.3) is 0 Å². The van der Waals surface area contributed by atoms with E-state index in [-0.39, 0.29) is 5.75 Å². The molecule has 0 aliphatic rings. The van der Waals surface area contributed by atoms with Crippen molar-refractivity contribution in [1.82, 2.24) is 0 Å². The summed E-state index contributed by atoms with van der Waals surface area (Å²) < 4.78 is 15.7. The maximum Gasteiger partial charge on any atom is 0.190 e. The van der Waals surface area contributed by atoms with Gasteiger partial charge in [0.15, 0.2) is 17.2 Å². The SMILES string of the molecule is COc1cc([O])c2cccc(OC)c2c1OC. The van der Waals surface area contributed by atoms with Crippen molar-refractivity contribution in [3.05, 3.63) is 24.3 Å².